The lowest BCUT2D eigenvalue weighted by Gasteiger charge is -2.38. The van der Waals surface area contributed by atoms with Crippen molar-refractivity contribution in [2.24, 2.45) is 0 Å². The van der Waals surface area contributed by atoms with Crippen LogP contribution in [-0.4, -0.2) is 21.7 Å². The summed E-state index contributed by atoms with van der Waals surface area (Å²) in [4.78, 5) is 23.1. The fraction of sp³-hybridized carbons (Fsp3) is 0.0652. The first-order chi connectivity index (χ1) is 26.1. The summed E-state index contributed by atoms with van der Waals surface area (Å²) in [6, 6.07) is 47.7. The summed E-state index contributed by atoms with van der Waals surface area (Å²) in [5.74, 6) is 2.02. The van der Waals surface area contributed by atoms with E-state index < -0.39 is 0 Å². The van der Waals surface area contributed by atoms with Crippen LogP contribution in [0, 0.1) is 0 Å². The molecule has 1 aliphatic carbocycles. The second-order valence-electron chi connectivity index (χ2n) is 14.2. The van der Waals surface area contributed by atoms with E-state index in [1.165, 1.54) is 62.5 Å². The van der Waals surface area contributed by atoms with Crippen LogP contribution in [0.15, 0.2) is 181 Å². The summed E-state index contributed by atoms with van der Waals surface area (Å²) in [6.07, 6.45) is 8.09. The highest BCUT2D eigenvalue weighted by Gasteiger charge is 2.43. The van der Waals surface area contributed by atoms with Crippen molar-refractivity contribution in [3.8, 4) is 34.2 Å². The van der Waals surface area contributed by atoms with Gasteiger partial charge in [-0.05, 0) is 75.9 Å². The molecule has 3 aliphatic heterocycles. The van der Waals surface area contributed by atoms with Crippen molar-refractivity contribution in [1.29, 1.82) is 0 Å². The first-order valence-electron chi connectivity index (χ1n) is 17.9. The summed E-state index contributed by atoms with van der Waals surface area (Å²) in [7, 11) is 0. The molecule has 7 aromatic rings. The summed E-state index contributed by atoms with van der Waals surface area (Å²) in [5.41, 5.74) is 11.2. The summed E-state index contributed by atoms with van der Waals surface area (Å²) < 4.78 is 0. The van der Waals surface area contributed by atoms with Gasteiger partial charge in [0.15, 0.2) is 17.5 Å². The van der Waals surface area contributed by atoms with Crippen molar-refractivity contribution < 1.29 is 0 Å². The molecule has 7 heteroatoms. The minimum Gasteiger partial charge on any atom is -0.208 e. The van der Waals surface area contributed by atoms with E-state index in [-0.39, 0.29) is 5.41 Å². The van der Waals surface area contributed by atoms with Crippen molar-refractivity contribution in [1.82, 2.24) is 15.0 Å². The molecule has 1 aromatic heterocycles. The Bertz CT molecular complexity index is 2560. The van der Waals surface area contributed by atoms with Gasteiger partial charge in [0.2, 0.25) is 6.71 Å². The Morgan fingerprint density at radius 2 is 0.943 bits per heavy atom. The molecule has 4 aliphatic rings. The molecule has 0 fully saturated rings. The van der Waals surface area contributed by atoms with Gasteiger partial charge in [0.05, 0.1) is 0 Å². The molecule has 4 heterocycles. The van der Waals surface area contributed by atoms with Crippen LogP contribution in [0.1, 0.15) is 24.5 Å². The van der Waals surface area contributed by atoms with Gasteiger partial charge in [-0.1, -0.05) is 157 Å². The Labute approximate surface area is 322 Å². The normalized spacial score (nSPS) is 17.3. The first kappa shape index (κ1) is 31.5. The molecule has 0 amide bonds. The average molecular weight is 732 g/mol. The molecule has 0 N–H and O–H groups in total. The Kier molecular flexibility index (Phi) is 7.26. The SMILES string of the molecule is CC1(c2ccc(-c3nc(-c4ccccc4)nc(-c4ccccc4)n3)cc2)C=CC(c2cc3c4c(c2)Sc2cccc5c2B4c2c(cccc2S3)S5)=CC1. The fourth-order valence-electron chi connectivity index (χ4n) is 8.08. The van der Waals surface area contributed by atoms with E-state index in [2.05, 4.69) is 97.9 Å². The van der Waals surface area contributed by atoms with Crippen molar-refractivity contribution in [3.63, 3.8) is 0 Å². The van der Waals surface area contributed by atoms with Gasteiger partial charge in [0, 0.05) is 51.5 Å². The monoisotopic (exact) mass is 731 g/mol. The van der Waals surface area contributed by atoms with Crippen LogP contribution in [0.25, 0.3) is 39.7 Å². The van der Waals surface area contributed by atoms with Gasteiger partial charge in [-0.25, -0.2) is 15.0 Å². The van der Waals surface area contributed by atoms with Crippen molar-refractivity contribution >= 4 is 64.0 Å². The van der Waals surface area contributed by atoms with Gasteiger partial charge in [-0.15, -0.1) is 0 Å². The third-order valence-corrected chi connectivity index (χ3v) is 14.3. The lowest BCUT2D eigenvalue weighted by molar-refractivity contribution is 0.601. The van der Waals surface area contributed by atoms with Crippen molar-refractivity contribution in [2.75, 3.05) is 0 Å². The second-order valence-corrected chi connectivity index (χ2v) is 17.4. The second kappa shape index (κ2) is 12.2. The average Bonchev–Trinajstić information content (AvgIpc) is 3.21. The van der Waals surface area contributed by atoms with E-state index in [1.807, 2.05) is 95.9 Å². The van der Waals surface area contributed by atoms with E-state index in [0.29, 0.717) is 24.2 Å². The summed E-state index contributed by atoms with van der Waals surface area (Å²) >= 11 is 5.83. The highest BCUT2D eigenvalue weighted by molar-refractivity contribution is 8.02. The van der Waals surface area contributed by atoms with Gasteiger partial charge < -0.3 is 0 Å². The molecule has 6 aromatic carbocycles. The maximum absolute atomic E-state index is 4.94. The zero-order chi connectivity index (χ0) is 35.1. The smallest absolute Gasteiger partial charge is 0.208 e. The van der Waals surface area contributed by atoms with Crippen molar-refractivity contribution in [3.05, 3.63) is 163 Å². The Hall–Kier alpha value is -5.08. The van der Waals surface area contributed by atoms with Gasteiger partial charge in [0.1, 0.15) is 0 Å². The van der Waals surface area contributed by atoms with E-state index >= 15 is 0 Å². The minimum absolute atomic E-state index is 0.123. The van der Waals surface area contributed by atoms with E-state index in [9.17, 15) is 0 Å². The zero-order valence-corrected chi connectivity index (χ0v) is 31.2. The van der Waals surface area contributed by atoms with Crippen LogP contribution in [0.5, 0.6) is 0 Å². The largest absolute Gasteiger partial charge is 0.250 e. The molecular formula is C46H30BN3S3. The number of rotatable bonds is 5. The van der Waals surface area contributed by atoms with Gasteiger partial charge in [-0.3, -0.25) is 0 Å². The summed E-state index contributed by atoms with van der Waals surface area (Å²) in [5, 5.41) is 0. The topological polar surface area (TPSA) is 38.7 Å². The number of hydrogen-bond donors (Lipinski definition) is 0. The molecule has 1 atom stereocenters. The molecule has 0 bridgehead atoms. The number of hydrogen-bond acceptors (Lipinski definition) is 6. The van der Waals surface area contributed by atoms with E-state index in [0.717, 1.165) is 23.1 Å². The molecule has 0 saturated carbocycles. The molecule has 0 saturated heterocycles. The molecule has 1 unspecified atom stereocenters. The number of benzene rings is 6. The van der Waals surface area contributed by atoms with Crippen LogP contribution in [0.3, 0.4) is 0 Å². The zero-order valence-electron chi connectivity index (χ0n) is 28.8. The van der Waals surface area contributed by atoms with E-state index in [1.54, 1.807) is 0 Å². The molecule has 3 nitrogen and oxygen atoms in total. The first-order valence-corrected chi connectivity index (χ1v) is 20.4. The minimum atomic E-state index is -0.123. The van der Waals surface area contributed by atoms with Gasteiger partial charge in [0.25, 0.3) is 0 Å². The highest BCUT2D eigenvalue weighted by Crippen LogP contribution is 2.46. The highest BCUT2D eigenvalue weighted by atomic mass is 32.2. The Balaban J connectivity index is 0.902. The predicted molar refractivity (Wildman–Crippen MR) is 222 cm³/mol. The van der Waals surface area contributed by atoms with Crippen LogP contribution in [0.2, 0.25) is 0 Å². The molecule has 11 rings (SSSR count). The number of nitrogens with zero attached hydrogens (tertiary/aromatic N) is 3. The van der Waals surface area contributed by atoms with Crippen LogP contribution >= 0.6 is 35.3 Å². The predicted octanol–water partition coefficient (Wildman–Crippen LogP) is 10.1. The molecular weight excluding hydrogens is 702 g/mol. The molecule has 0 spiro atoms. The third-order valence-electron chi connectivity index (χ3n) is 10.9. The Morgan fingerprint density at radius 1 is 0.491 bits per heavy atom. The lowest BCUT2D eigenvalue weighted by atomic mass is 9.36. The lowest BCUT2D eigenvalue weighted by Crippen LogP contribution is -2.60. The molecule has 53 heavy (non-hydrogen) atoms. The quantitative estimate of drug-likeness (QED) is 0.164. The van der Waals surface area contributed by atoms with Gasteiger partial charge in [-0.2, -0.15) is 0 Å². The maximum atomic E-state index is 4.94. The fourth-order valence-corrected chi connectivity index (χ4v) is 12.0. The van der Waals surface area contributed by atoms with Crippen LogP contribution in [-0.2, 0) is 5.41 Å². The van der Waals surface area contributed by atoms with Crippen molar-refractivity contribution in [2.45, 2.75) is 48.1 Å². The van der Waals surface area contributed by atoms with Gasteiger partial charge >= 0.3 is 0 Å². The standard InChI is InChI=1S/C46H30BN3S3/c1-46(33-20-18-31(19-21-33)45-49-43(29-10-4-2-5-11-29)48-44(50-45)30-12-6-3-7-13-30)24-22-28(23-25-46)32-26-38-42-39(27-32)53-37-17-9-15-35-41(37)47(42)40-34(51-35)14-8-16-36(40)52-38/h2-24,26-27H,25H2,1H3. The molecule has 0 radical (unpaired) electrons. The third kappa shape index (κ3) is 5.20. The summed E-state index contributed by atoms with van der Waals surface area (Å²) in [6.45, 7) is 2.66. The number of allylic oxidation sites excluding steroid dienone is 4. The Morgan fingerprint density at radius 3 is 1.42 bits per heavy atom. The number of aromatic nitrogens is 3. The maximum Gasteiger partial charge on any atom is 0.250 e. The van der Waals surface area contributed by atoms with E-state index in [4.69, 9.17) is 15.0 Å². The molecule has 250 valence electrons. The van der Waals surface area contributed by atoms with Crippen LogP contribution in [0.4, 0.5) is 0 Å². The van der Waals surface area contributed by atoms with Crippen LogP contribution < -0.4 is 16.4 Å².